The van der Waals surface area contributed by atoms with Gasteiger partial charge >= 0.3 is 7.82 Å². The zero-order chi connectivity index (χ0) is 25.4. The minimum absolute atomic E-state index is 0.117. The number of hydrogen-bond acceptors (Lipinski definition) is 4. The normalized spacial score (nSPS) is 12.7. The third kappa shape index (κ3) is 4.83. The maximum Gasteiger partial charge on any atom is 0.525 e. The van der Waals surface area contributed by atoms with Gasteiger partial charge in [0.05, 0.1) is 17.1 Å². The Hall–Kier alpha value is -2.99. The molecule has 1 aliphatic rings. The van der Waals surface area contributed by atoms with Gasteiger partial charge in [-0.05, 0) is 61.4 Å². The third-order valence-electron chi connectivity index (χ3n) is 5.92. The van der Waals surface area contributed by atoms with Crippen LogP contribution in [0.15, 0.2) is 101 Å². The quantitative estimate of drug-likeness (QED) is 0.134. The molecule has 1 aliphatic heterocycles. The molecule has 2 N–H and O–H groups in total. The highest BCUT2D eigenvalue weighted by atomic mass is 35.5. The number of phosphoric ester groups is 1. The zero-order valence-corrected chi connectivity index (χ0v) is 22.0. The van der Waals surface area contributed by atoms with E-state index in [9.17, 15) is 14.4 Å². The average molecular weight is 536 g/mol. The summed E-state index contributed by atoms with van der Waals surface area (Å²) < 4.78 is 17.5. The Labute approximate surface area is 219 Å². The summed E-state index contributed by atoms with van der Waals surface area (Å²) in [5.74, 6) is 0. The van der Waals surface area contributed by atoms with E-state index in [0.29, 0.717) is 10.6 Å². The first-order chi connectivity index (χ1) is 17.2. The van der Waals surface area contributed by atoms with Crippen LogP contribution in [0.25, 0.3) is 5.57 Å². The Kier molecular flexibility index (Phi) is 6.73. The van der Waals surface area contributed by atoms with Gasteiger partial charge in [-0.3, -0.25) is 9.79 Å². The largest absolute Gasteiger partial charge is 0.525 e. The molecule has 5 rings (SSSR count). The van der Waals surface area contributed by atoms with E-state index in [1.165, 1.54) is 0 Å². The molecule has 36 heavy (non-hydrogen) atoms. The van der Waals surface area contributed by atoms with Crippen LogP contribution in [0.4, 0.5) is 17.1 Å². The van der Waals surface area contributed by atoms with E-state index in [0.717, 1.165) is 56.0 Å². The molecule has 0 spiro atoms. The molecule has 0 fully saturated rings. The second-order valence-corrected chi connectivity index (χ2v) is 11.1. The van der Waals surface area contributed by atoms with Gasteiger partial charge in [0.25, 0.3) is 0 Å². The van der Waals surface area contributed by atoms with E-state index in [1.807, 2.05) is 54.6 Å². The Morgan fingerprint density at radius 2 is 1.33 bits per heavy atom. The number of aryl methyl sites for hydroxylation is 2. The van der Waals surface area contributed by atoms with E-state index in [-0.39, 0.29) is 5.09 Å². The van der Waals surface area contributed by atoms with Crippen LogP contribution in [0.5, 0.6) is 0 Å². The first kappa shape index (κ1) is 24.7. The summed E-state index contributed by atoms with van der Waals surface area (Å²) in [4.78, 5) is 22.6. The van der Waals surface area contributed by atoms with Gasteiger partial charge in [-0.1, -0.05) is 78.0 Å². The average Bonchev–Trinajstić information content (AvgIpc) is 2.83. The van der Waals surface area contributed by atoms with Crippen molar-refractivity contribution >= 4 is 53.8 Å². The molecule has 1 heterocycles. The molecule has 0 aliphatic carbocycles. The van der Waals surface area contributed by atoms with Crippen molar-refractivity contribution in [2.45, 2.75) is 18.7 Å². The number of thioether (sulfide) groups is 1. The van der Waals surface area contributed by atoms with Crippen molar-refractivity contribution in [3.8, 4) is 0 Å². The predicted octanol–water partition coefficient (Wildman–Crippen LogP) is 8.36. The van der Waals surface area contributed by atoms with Gasteiger partial charge in [0.15, 0.2) is 5.09 Å². The van der Waals surface area contributed by atoms with Crippen molar-refractivity contribution in [1.82, 2.24) is 0 Å². The SMILES string of the molecule is Cc1cccc(C)c1N1c2ccccc2C(=C(OP(=O)(O)O)Sc2ccc(Cl)cc2)c2ccccc21. The number of anilines is 3. The summed E-state index contributed by atoms with van der Waals surface area (Å²) in [6.45, 7) is 4.16. The molecule has 182 valence electrons. The summed E-state index contributed by atoms with van der Waals surface area (Å²) in [6, 6.07) is 28.9. The minimum atomic E-state index is -4.87. The van der Waals surface area contributed by atoms with E-state index >= 15 is 0 Å². The number of nitrogens with zero attached hydrogens (tertiary/aromatic N) is 1. The van der Waals surface area contributed by atoms with Gasteiger partial charge in [0.2, 0.25) is 0 Å². The molecule has 0 bridgehead atoms. The Balaban J connectivity index is 1.81. The molecule has 0 radical (unpaired) electrons. The number of benzene rings is 4. The van der Waals surface area contributed by atoms with Gasteiger partial charge in [0, 0.05) is 26.6 Å². The van der Waals surface area contributed by atoms with Gasteiger partial charge in [-0.15, -0.1) is 0 Å². The topological polar surface area (TPSA) is 70.0 Å². The van der Waals surface area contributed by atoms with Crippen molar-refractivity contribution in [3.63, 3.8) is 0 Å². The van der Waals surface area contributed by atoms with Crippen LogP contribution in [-0.2, 0) is 9.09 Å². The lowest BCUT2D eigenvalue weighted by Gasteiger charge is -2.37. The van der Waals surface area contributed by atoms with Crippen LogP contribution in [0.3, 0.4) is 0 Å². The number of hydrogen-bond donors (Lipinski definition) is 2. The fraction of sp³-hybridized carbons (Fsp3) is 0.0714. The number of phosphoric acid groups is 1. The Bertz CT molecular complexity index is 1460. The maximum atomic E-state index is 12.1. The van der Waals surface area contributed by atoms with Crippen molar-refractivity contribution in [1.29, 1.82) is 0 Å². The molecule has 0 aromatic heterocycles. The predicted molar refractivity (Wildman–Crippen MR) is 147 cm³/mol. The second-order valence-electron chi connectivity index (χ2n) is 8.41. The van der Waals surface area contributed by atoms with E-state index < -0.39 is 7.82 Å². The molecule has 5 nitrogen and oxygen atoms in total. The highest BCUT2D eigenvalue weighted by Gasteiger charge is 2.33. The highest BCUT2D eigenvalue weighted by Crippen LogP contribution is 2.55. The molecule has 0 amide bonds. The van der Waals surface area contributed by atoms with Crippen LogP contribution < -0.4 is 4.90 Å². The van der Waals surface area contributed by atoms with Gasteiger partial charge < -0.3 is 9.42 Å². The summed E-state index contributed by atoms with van der Waals surface area (Å²) in [7, 11) is -4.87. The number of fused-ring (bicyclic) bond motifs is 2. The maximum absolute atomic E-state index is 12.1. The standard InChI is InChI=1S/C28H23ClNO4PS/c1-18-8-7-9-19(2)27(18)30-24-12-5-3-10-22(24)26(23-11-4-6-13-25(23)30)28(34-35(31,32)33)36-21-16-14-20(29)15-17-21/h3-17H,1-2H3,(H2,31,32,33). The minimum Gasteiger partial charge on any atom is -0.396 e. The molecule has 0 saturated heterocycles. The lowest BCUT2D eigenvalue weighted by atomic mass is 9.89. The van der Waals surface area contributed by atoms with Crippen molar-refractivity contribution in [2.24, 2.45) is 0 Å². The summed E-state index contributed by atoms with van der Waals surface area (Å²) in [5.41, 5.74) is 7.33. The lowest BCUT2D eigenvalue weighted by Crippen LogP contribution is -2.20. The molecule has 0 atom stereocenters. The number of para-hydroxylation sites is 3. The Morgan fingerprint density at radius 1 is 0.806 bits per heavy atom. The van der Waals surface area contributed by atoms with Gasteiger partial charge in [-0.25, -0.2) is 4.57 Å². The fourth-order valence-corrected chi connectivity index (χ4v) is 6.17. The van der Waals surface area contributed by atoms with Crippen LogP contribution in [0.2, 0.25) is 5.02 Å². The van der Waals surface area contributed by atoms with E-state index in [2.05, 4.69) is 30.9 Å². The van der Waals surface area contributed by atoms with Crippen molar-refractivity contribution < 1.29 is 18.9 Å². The molecule has 8 heteroatoms. The summed E-state index contributed by atoms with van der Waals surface area (Å²) >= 11 is 7.20. The first-order valence-corrected chi connectivity index (χ1v) is 13.9. The molecule has 4 aromatic rings. The molecule has 0 unspecified atom stereocenters. The Morgan fingerprint density at radius 3 is 1.86 bits per heavy atom. The lowest BCUT2D eigenvalue weighted by molar-refractivity contribution is 0.255. The molecule has 0 saturated carbocycles. The zero-order valence-electron chi connectivity index (χ0n) is 19.6. The van der Waals surface area contributed by atoms with E-state index in [1.54, 1.807) is 24.3 Å². The number of halogens is 1. The fourth-order valence-electron chi connectivity index (χ4n) is 4.49. The van der Waals surface area contributed by atoms with Crippen molar-refractivity contribution in [2.75, 3.05) is 4.90 Å². The molecule has 4 aromatic carbocycles. The molecular weight excluding hydrogens is 513 g/mol. The summed E-state index contributed by atoms with van der Waals surface area (Å²) in [6.07, 6.45) is 0. The molecular formula is C28H23ClNO4PS. The summed E-state index contributed by atoms with van der Waals surface area (Å²) in [5, 5.41) is 0.689. The van der Waals surface area contributed by atoms with Crippen molar-refractivity contribution in [3.05, 3.63) is 123 Å². The van der Waals surface area contributed by atoms with Crippen LogP contribution in [0.1, 0.15) is 22.3 Å². The van der Waals surface area contributed by atoms with Crippen LogP contribution in [0, 0.1) is 13.8 Å². The monoisotopic (exact) mass is 535 g/mol. The van der Waals surface area contributed by atoms with Crippen LogP contribution >= 0.6 is 31.2 Å². The van der Waals surface area contributed by atoms with E-state index in [4.69, 9.17) is 16.1 Å². The first-order valence-electron chi connectivity index (χ1n) is 11.2. The van der Waals surface area contributed by atoms with Gasteiger partial charge in [0.1, 0.15) is 0 Å². The van der Waals surface area contributed by atoms with Gasteiger partial charge in [-0.2, -0.15) is 0 Å². The second kappa shape index (κ2) is 9.81. The number of rotatable bonds is 5. The van der Waals surface area contributed by atoms with Crippen LogP contribution in [-0.4, -0.2) is 9.79 Å². The third-order valence-corrected chi connectivity index (χ3v) is 7.70. The highest BCUT2D eigenvalue weighted by molar-refractivity contribution is 8.03. The smallest absolute Gasteiger partial charge is 0.396 e.